The predicted octanol–water partition coefficient (Wildman–Crippen LogP) is 3.18. The number of thiocarbonyl (C=S) groups is 1. The molecule has 4 rings (SSSR count). The minimum absolute atomic E-state index is 0.245. The first kappa shape index (κ1) is 19.0. The third-order valence-electron chi connectivity index (χ3n) is 4.15. The molecule has 1 aliphatic rings. The maximum atomic E-state index is 12.7. The molecule has 9 heteroatoms. The average Bonchev–Trinajstić information content (AvgIpc) is 3.01. The van der Waals surface area contributed by atoms with Crippen molar-refractivity contribution in [2.45, 2.75) is 0 Å². The van der Waals surface area contributed by atoms with E-state index >= 15 is 0 Å². The van der Waals surface area contributed by atoms with Crippen LogP contribution in [0.15, 0.2) is 59.8 Å². The second kappa shape index (κ2) is 7.98. The monoisotopic (exact) mass is 422 g/mol. The number of rotatable bonds is 4. The SMILES string of the molecule is COc1ccc2nc(/C=C3\SC(=S)N(NC(=O)c4ccncc4)C3=O)ccc2c1. The first-order valence-electron chi connectivity index (χ1n) is 8.49. The number of pyridine rings is 2. The van der Waals surface area contributed by atoms with Gasteiger partial charge < -0.3 is 4.74 Å². The van der Waals surface area contributed by atoms with Crippen molar-refractivity contribution < 1.29 is 14.3 Å². The molecule has 3 heterocycles. The molecule has 0 aliphatic carbocycles. The number of nitrogens with one attached hydrogen (secondary N) is 1. The van der Waals surface area contributed by atoms with Gasteiger partial charge in [0.1, 0.15) is 5.75 Å². The Morgan fingerprint density at radius 3 is 2.76 bits per heavy atom. The summed E-state index contributed by atoms with van der Waals surface area (Å²) in [5.41, 5.74) is 4.31. The fourth-order valence-electron chi connectivity index (χ4n) is 2.69. The zero-order valence-corrected chi connectivity index (χ0v) is 16.8. The molecular formula is C20H14N4O3S2. The molecule has 2 amide bonds. The summed E-state index contributed by atoms with van der Waals surface area (Å²) in [7, 11) is 1.61. The van der Waals surface area contributed by atoms with Crippen molar-refractivity contribution in [3.05, 3.63) is 71.0 Å². The van der Waals surface area contributed by atoms with E-state index in [9.17, 15) is 9.59 Å². The fraction of sp³-hybridized carbons (Fsp3) is 0.0500. The van der Waals surface area contributed by atoms with Crippen molar-refractivity contribution in [1.29, 1.82) is 0 Å². The Morgan fingerprint density at radius 1 is 1.21 bits per heavy atom. The van der Waals surface area contributed by atoms with Crippen LogP contribution in [0.5, 0.6) is 5.75 Å². The van der Waals surface area contributed by atoms with Crippen molar-refractivity contribution in [3.63, 3.8) is 0 Å². The van der Waals surface area contributed by atoms with Crippen molar-refractivity contribution >= 4 is 57.1 Å². The summed E-state index contributed by atoms with van der Waals surface area (Å²) >= 11 is 6.36. The molecule has 3 aromatic rings. The van der Waals surface area contributed by atoms with E-state index in [-0.39, 0.29) is 4.32 Å². The van der Waals surface area contributed by atoms with Gasteiger partial charge in [-0.05, 0) is 54.7 Å². The number of carbonyl (C=O) groups is 2. The molecule has 7 nitrogen and oxygen atoms in total. The van der Waals surface area contributed by atoms with Gasteiger partial charge in [-0.1, -0.05) is 17.8 Å². The van der Waals surface area contributed by atoms with Gasteiger partial charge in [0.15, 0.2) is 4.32 Å². The quantitative estimate of drug-likeness (QED) is 0.511. The van der Waals surface area contributed by atoms with E-state index in [1.807, 2.05) is 30.3 Å². The molecule has 29 heavy (non-hydrogen) atoms. The summed E-state index contributed by atoms with van der Waals surface area (Å²) in [6.45, 7) is 0. The van der Waals surface area contributed by atoms with Gasteiger partial charge in [-0.15, -0.1) is 0 Å². The number of hydrogen-bond acceptors (Lipinski definition) is 7. The molecular weight excluding hydrogens is 408 g/mol. The van der Waals surface area contributed by atoms with E-state index in [0.29, 0.717) is 16.2 Å². The van der Waals surface area contributed by atoms with Crippen LogP contribution in [0.2, 0.25) is 0 Å². The molecule has 1 N–H and O–H groups in total. The van der Waals surface area contributed by atoms with Crippen molar-refractivity contribution in [2.24, 2.45) is 0 Å². The number of amides is 2. The second-order valence-electron chi connectivity index (χ2n) is 5.99. The Morgan fingerprint density at radius 2 is 2.00 bits per heavy atom. The third-order valence-corrected chi connectivity index (χ3v) is 5.45. The van der Waals surface area contributed by atoms with Gasteiger partial charge in [0.2, 0.25) is 0 Å². The van der Waals surface area contributed by atoms with E-state index < -0.39 is 11.8 Å². The summed E-state index contributed by atoms with van der Waals surface area (Å²) in [5, 5.41) is 2.00. The van der Waals surface area contributed by atoms with Crippen LogP contribution in [0.25, 0.3) is 17.0 Å². The molecule has 1 aliphatic heterocycles. The van der Waals surface area contributed by atoms with Crippen LogP contribution in [0.4, 0.5) is 0 Å². The highest BCUT2D eigenvalue weighted by Crippen LogP contribution is 2.31. The van der Waals surface area contributed by atoms with Crippen LogP contribution in [-0.4, -0.2) is 38.2 Å². The second-order valence-corrected chi connectivity index (χ2v) is 7.66. The van der Waals surface area contributed by atoms with Crippen LogP contribution < -0.4 is 10.2 Å². The Balaban J connectivity index is 1.55. The smallest absolute Gasteiger partial charge is 0.285 e. The van der Waals surface area contributed by atoms with Crippen LogP contribution in [0.1, 0.15) is 16.1 Å². The maximum Gasteiger partial charge on any atom is 0.285 e. The molecule has 1 fully saturated rings. The van der Waals surface area contributed by atoms with Gasteiger partial charge in [-0.3, -0.25) is 20.0 Å². The molecule has 1 aromatic carbocycles. The number of hydrogen-bond donors (Lipinski definition) is 1. The predicted molar refractivity (Wildman–Crippen MR) is 115 cm³/mol. The zero-order valence-electron chi connectivity index (χ0n) is 15.2. The molecule has 0 unspecified atom stereocenters. The molecule has 0 bridgehead atoms. The lowest BCUT2D eigenvalue weighted by Gasteiger charge is -2.15. The summed E-state index contributed by atoms with van der Waals surface area (Å²) in [6, 6.07) is 12.4. The minimum atomic E-state index is -0.442. The Hall–Kier alpha value is -3.30. The standard InChI is InChI=1S/C20H14N4O3S2/c1-27-15-4-5-16-13(10-15)2-3-14(22-16)11-17-19(26)24(20(28)29-17)23-18(25)12-6-8-21-9-7-12/h2-11H,1H3,(H,23,25)/b17-11-. The lowest BCUT2D eigenvalue weighted by molar-refractivity contribution is -0.123. The summed E-state index contributed by atoms with van der Waals surface area (Å²) < 4.78 is 5.46. The number of carbonyl (C=O) groups excluding carboxylic acids is 2. The molecule has 0 atom stereocenters. The van der Waals surface area contributed by atoms with E-state index in [4.69, 9.17) is 17.0 Å². The van der Waals surface area contributed by atoms with Gasteiger partial charge in [0.25, 0.3) is 11.8 Å². The molecule has 0 spiro atoms. The number of hydrazine groups is 1. The summed E-state index contributed by atoms with van der Waals surface area (Å²) in [5.74, 6) is -0.0976. The number of methoxy groups -OCH3 is 1. The van der Waals surface area contributed by atoms with E-state index in [1.165, 1.54) is 12.4 Å². The average molecular weight is 422 g/mol. The highest BCUT2D eigenvalue weighted by Gasteiger charge is 2.33. The third kappa shape index (κ3) is 3.96. The Bertz CT molecular complexity index is 1160. The molecule has 0 saturated carbocycles. The topological polar surface area (TPSA) is 84.4 Å². The van der Waals surface area contributed by atoms with Gasteiger partial charge in [-0.25, -0.2) is 4.98 Å². The lowest BCUT2D eigenvalue weighted by Crippen LogP contribution is -2.44. The number of fused-ring (bicyclic) bond motifs is 1. The van der Waals surface area contributed by atoms with E-state index in [1.54, 1.807) is 25.3 Å². The number of nitrogens with zero attached hydrogens (tertiary/aromatic N) is 3. The fourth-order valence-corrected chi connectivity index (χ4v) is 3.86. The van der Waals surface area contributed by atoms with Crippen LogP contribution in [0, 0.1) is 0 Å². The highest BCUT2D eigenvalue weighted by atomic mass is 32.2. The minimum Gasteiger partial charge on any atom is -0.497 e. The summed E-state index contributed by atoms with van der Waals surface area (Å²) in [4.78, 5) is 33.8. The van der Waals surface area contributed by atoms with Gasteiger partial charge in [-0.2, -0.15) is 5.01 Å². The van der Waals surface area contributed by atoms with Crippen LogP contribution in [-0.2, 0) is 4.79 Å². The van der Waals surface area contributed by atoms with Crippen molar-refractivity contribution in [2.75, 3.05) is 7.11 Å². The highest BCUT2D eigenvalue weighted by molar-refractivity contribution is 8.26. The van der Waals surface area contributed by atoms with Crippen molar-refractivity contribution in [1.82, 2.24) is 20.4 Å². The van der Waals surface area contributed by atoms with Gasteiger partial charge in [0, 0.05) is 23.3 Å². The molecule has 1 saturated heterocycles. The van der Waals surface area contributed by atoms with Crippen molar-refractivity contribution in [3.8, 4) is 5.75 Å². The zero-order chi connectivity index (χ0) is 20.4. The van der Waals surface area contributed by atoms with E-state index in [0.717, 1.165) is 33.4 Å². The molecule has 0 radical (unpaired) electrons. The molecule has 2 aromatic heterocycles. The maximum absolute atomic E-state index is 12.7. The number of thioether (sulfide) groups is 1. The number of benzene rings is 1. The normalized spacial score (nSPS) is 15.2. The first-order valence-corrected chi connectivity index (χ1v) is 9.71. The first-order chi connectivity index (χ1) is 14.0. The van der Waals surface area contributed by atoms with Gasteiger partial charge >= 0.3 is 0 Å². The lowest BCUT2D eigenvalue weighted by atomic mass is 10.2. The number of aromatic nitrogens is 2. The van der Waals surface area contributed by atoms with E-state index in [2.05, 4.69) is 15.4 Å². The molecule has 144 valence electrons. The summed E-state index contributed by atoms with van der Waals surface area (Å²) in [6.07, 6.45) is 4.65. The Labute approximate surface area is 175 Å². The van der Waals surface area contributed by atoms with Gasteiger partial charge in [0.05, 0.1) is 23.2 Å². The largest absolute Gasteiger partial charge is 0.497 e. The Kier molecular flexibility index (Phi) is 5.24. The van der Waals surface area contributed by atoms with Crippen LogP contribution >= 0.6 is 24.0 Å². The number of ether oxygens (including phenoxy) is 1. The van der Waals surface area contributed by atoms with Crippen LogP contribution in [0.3, 0.4) is 0 Å².